The van der Waals surface area contributed by atoms with Crippen molar-refractivity contribution in [3.63, 3.8) is 0 Å². The first-order valence-electron chi connectivity index (χ1n) is 15.1. The third-order valence-corrected chi connectivity index (χ3v) is 8.88. The molecule has 0 amide bonds. The molecule has 0 N–H and O–H groups in total. The second kappa shape index (κ2) is 10.00. The summed E-state index contributed by atoms with van der Waals surface area (Å²) < 4.78 is 4.79. The Kier molecular flexibility index (Phi) is 5.65. The maximum atomic E-state index is 4.34. The van der Waals surface area contributed by atoms with Gasteiger partial charge in [-0.15, -0.1) is 0 Å². The Balaban J connectivity index is 1.33. The zero-order valence-electron chi connectivity index (χ0n) is 24.6. The molecule has 0 atom stereocenters. The van der Waals surface area contributed by atoms with E-state index < -0.39 is 0 Å². The molecule has 5 heteroatoms. The Labute approximate surface area is 259 Å². The van der Waals surface area contributed by atoms with Crippen molar-refractivity contribution >= 4 is 43.6 Å². The SMILES string of the molecule is Cc1cc(-c2ncncn2)ccc1-c1ccc2c(c1)c1cc3c4ccccc4n(-c4ccccc4)c3cc1n2-c1ccccc1. The molecule has 9 aromatic rings. The molecule has 6 aromatic carbocycles. The highest BCUT2D eigenvalue weighted by molar-refractivity contribution is 6.19. The Hall–Kier alpha value is -6.07. The highest BCUT2D eigenvalue weighted by Crippen LogP contribution is 2.41. The van der Waals surface area contributed by atoms with Crippen LogP contribution in [0.4, 0.5) is 0 Å². The number of nitrogens with zero attached hydrogens (tertiary/aromatic N) is 5. The third kappa shape index (κ3) is 3.98. The lowest BCUT2D eigenvalue weighted by Crippen LogP contribution is -1.95. The fraction of sp³-hybridized carbons (Fsp3) is 0.0250. The Morgan fingerprint density at radius 2 is 1.02 bits per heavy atom. The van der Waals surface area contributed by atoms with Gasteiger partial charge in [-0.05, 0) is 84.3 Å². The van der Waals surface area contributed by atoms with E-state index in [4.69, 9.17) is 0 Å². The Morgan fingerprint density at radius 1 is 0.444 bits per heavy atom. The van der Waals surface area contributed by atoms with Gasteiger partial charge in [0.05, 0.1) is 22.1 Å². The molecule has 0 saturated carbocycles. The summed E-state index contributed by atoms with van der Waals surface area (Å²) in [7, 11) is 0. The van der Waals surface area contributed by atoms with Crippen LogP contribution in [0, 0.1) is 6.92 Å². The molecular formula is C40H27N5. The molecule has 0 aliphatic heterocycles. The highest BCUT2D eigenvalue weighted by atomic mass is 15.0. The van der Waals surface area contributed by atoms with Crippen LogP contribution in [-0.4, -0.2) is 24.1 Å². The molecule has 0 unspecified atom stereocenters. The number of fused-ring (bicyclic) bond motifs is 6. The van der Waals surface area contributed by atoms with E-state index in [2.05, 4.69) is 164 Å². The van der Waals surface area contributed by atoms with Crippen LogP contribution in [0.1, 0.15) is 5.56 Å². The fourth-order valence-corrected chi connectivity index (χ4v) is 6.87. The summed E-state index contributed by atoms with van der Waals surface area (Å²) in [4.78, 5) is 12.6. The minimum absolute atomic E-state index is 0.680. The van der Waals surface area contributed by atoms with Crippen molar-refractivity contribution in [2.45, 2.75) is 6.92 Å². The number of rotatable bonds is 4. The monoisotopic (exact) mass is 577 g/mol. The van der Waals surface area contributed by atoms with Crippen molar-refractivity contribution in [2.75, 3.05) is 0 Å². The summed E-state index contributed by atoms with van der Waals surface area (Å²) in [5, 5.41) is 4.96. The van der Waals surface area contributed by atoms with Crippen molar-refractivity contribution in [1.82, 2.24) is 24.1 Å². The second-order valence-electron chi connectivity index (χ2n) is 11.5. The van der Waals surface area contributed by atoms with E-state index in [1.54, 1.807) is 0 Å². The van der Waals surface area contributed by atoms with Gasteiger partial charge in [-0.25, -0.2) is 15.0 Å². The van der Waals surface area contributed by atoms with E-state index in [1.807, 2.05) is 0 Å². The zero-order chi connectivity index (χ0) is 29.9. The zero-order valence-corrected chi connectivity index (χ0v) is 24.6. The number of para-hydroxylation sites is 3. The van der Waals surface area contributed by atoms with Crippen LogP contribution < -0.4 is 0 Å². The van der Waals surface area contributed by atoms with Crippen molar-refractivity contribution in [1.29, 1.82) is 0 Å². The quantitative estimate of drug-likeness (QED) is 0.209. The molecule has 3 heterocycles. The van der Waals surface area contributed by atoms with Crippen LogP contribution in [0.15, 0.2) is 146 Å². The van der Waals surface area contributed by atoms with Crippen molar-refractivity contribution in [3.8, 4) is 33.9 Å². The smallest absolute Gasteiger partial charge is 0.162 e. The minimum atomic E-state index is 0.680. The van der Waals surface area contributed by atoms with Gasteiger partial charge in [-0.1, -0.05) is 72.8 Å². The van der Waals surface area contributed by atoms with Gasteiger partial charge < -0.3 is 9.13 Å². The molecule has 0 bridgehead atoms. The van der Waals surface area contributed by atoms with E-state index >= 15 is 0 Å². The lowest BCUT2D eigenvalue weighted by atomic mass is 9.96. The number of hydrogen-bond acceptors (Lipinski definition) is 3. The molecule has 0 aliphatic rings. The topological polar surface area (TPSA) is 48.5 Å². The number of hydrogen-bond donors (Lipinski definition) is 0. The molecule has 0 saturated heterocycles. The third-order valence-electron chi connectivity index (χ3n) is 8.88. The maximum Gasteiger partial charge on any atom is 0.162 e. The van der Waals surface area contributed by atoms with Crippen molar-refractivity contribution in [2.24, 2.45) is 0 Å². The van der Waals surface area contributed by atoms with Gasteiger partial charge in [-0.3, -0.25) is 0 Å². The predicted molar refractivity (Wildman–Crippen MR) is 184 cm³/mol. The van der Waals surface area contributed by atoms with Crippen LogP contribution in [0.2, 0.25) is 0 Å². The van der Waals surface area contributed by atoms with Crippen LogP contribution in [-0.2, 0) is 0 Å². The lowest BCUT2D eigenvalue weighted by Gasteiger charge is -2.11. The molecule has 45 heavy (non-hydrogen) atoms. The summed E-state index contributed by atoms with van der Waals surface area (Å²) in [5.41, 5.74) is 11.6. The molecule has 3 aromatic heterocycles. The summed E-state index contributed by atoms with van der Waals surface area (Å²) in [6, 6.07) is 48.1. The standard InChI is InChI=1S/C40H27N5/c1-26-20-28(40-42-24-41-25-43-40)16-18-31(26)27-17-19-37-33(21-27)35-22-34-32-14-8-9-15-36(32)44(29-10-4-2-5-11-29)38(34)23-39(35)45(37)30-12-6-3-7-13-30/h2-25H,1H3. The molecule has 0 fully saturated rings. The Morgan fingerprint density at radius 3 is 1.71 bits per heavy atom. The van der Waals surface area contributed by atoms with Gasteiger partial charge >= 0.3 is 0 Å². The van der Waals surface area contributed by atoms with E-state index in [0.717, 1.165) is 16.9 Å². The molecule has 0 aliphatic carbocycles. The Bertz CT molecular complexity index is 2530. The minimum Gasteiger partial charge on any atom is -0.309 e. The van der Waals surface area contributed by atoms with Gasteiger partial charge in [0.25, 0.3) is 0 Å². The van der Waals surface area contributed by atoms with Crippen LogP contribution in [0.5, 0.6) is 0 Å². The number of benzene rings is 6. The molecular weight excluding hydrogens is 550 g/mol. The molecule has 5 nitrogen and oxygen atoms in total. The summed E-state index contributed by atoms with van der Waals surface area (Å²) in [6.07, 6.45) is 3.08. The van der Waals surface area contributed by atoms with E-state index in [9.17, 15) is 0 Å². The van der Waals surface area contributed by atoms with Crippen LogP contribution in [0.25, 0.3) is 77.5 Å². The van der Waals surface area contributed by atoms with Gasteiger partial charge in [0.15, 0.2) is 5.82 Å². The maximum absolute atomic E-state index is 4.34. The normalized spacial score (nSPS) is 11.7. The lowest BCUT2D eigenvalue weighted by molar-refractivity contribution is 1.06. The second-order valence-corrected chi connectivity index (χ2v) is 11.5. The van der Waals surface area contributed by atoms with E-state index in [-0.39, 0.29) is 0 Å². The van der Waals surface area contributed by atoms with Crippen LogP contribution in [0.3, 0.4) is 0 Å². The van der Waals surface area contributed by atoms with Crippen LogP contribution >= 0.6 is 0 Å². The fourth-order valence-electron chi connectivity index (χ4n) is 6.87. The molecule has 9 rings (SSSR count). The number of aromatic nitrogens is 5. The van der Waals surface area contributed by atoms with Gasteiger partial charge in [0, 0.05) is 38.5 Å². The highest BCUT2D eigenvalue weighted by Gasteiger charge is 2.19. The summed E-state index contributed by atoms with van der Waals surface area (Å²) in [5.74, 6) is 0.680. The summed E-state index contributed by atoms with van der Waals surface area (Å²) >= 11 is 0. The van der Waals surface area contributed by atoms with Gasteiger partial charge in [0.1, 0.15) is 12.7 Å². The first-order valence-corrected chi connectivity index (χ1v) is 15.1. The predicted octanol–water partition coefficient (Wildman–Crippen LogP) is 9.71. The molecule has 0 spiro atoms. The van der Waals surface area contributed by atoms with E-state index in [1.165, 1.54) is 73.0 Å². The summed E-state index contributed by atoms with van der Waals surface area (Å²) in [6.45, 7) is 2.15. The van der Waals surface area contributed by atoms with Gasteiger partial charge in [0.2, 0.25) is 0 Å². The van der Waals surface area contributed by atoms with Crippen molar-refractivity contribution in [3.05, 3.63) is 152 Å². The average molecular weight is 578 g/mol. The van der Waals surface area contributed by atoms with Gasteiger partial charge in [-0.2, -0.15) is 0 Å². The molecule has 0 radical (unpaired) electrons. The first kappa shape index (κ1) is 25.4. The largest absolute Gasteiger partial charge is 0.309 e. The van der Waals surface area contributed by atoms with Crippen molar-refractivity contribution < 1.29 is 0 Å². The first-order chi connectivity index (χ1) is 22.2. The molecule has 212 valence electrons. The van der Waals surface area contributed by atoms with E-state index in [0.29, 0.717) is 5.82 Å². The average Bonchev–Trinajstić information content (AvgIpc) is 3.60. The number of aryl methyl sites for hydroxylation is 1.